The number of unbranched alkanes of at least 4 members (excludes halogenated alkanes) is 1. The summed E-state index contributed by atoms with van der Waals surface area (Å²) in [5.74, 6) is 1.41. The number of nitrogens with zero attached hydrogens (tertiary/aromatic N) is 3. The molecule has 3 rings (SSSR count). The van der Waals surface area contributed by atoms with Crippen LogP contribution >= 0.6 is 0 Å². The molecule has 1 unspecified atom stereocenters. The Labute approximate surface area is 133 Å². The molecule has 5 nitrogen and oxygen atoms in total. The lowest BCUT2D eigenvalue weighted by atomic mass is 9.73. The van der Waals surface area contributed by atoms with E-state index in [4.69, 9.17) is 0 Å². The van der Waals surface area contributed by atoms with Crippen molar-refractivity contribution < 1.29 is 4.79 Å². The quantitative estimate of drug-likeness (QED) is 0.909. The Morgan fingerprint density at radius 1 is 1.36 bits per heavy atom. The van der Waals surface area contributed by atoms with Crippen LogP contribution in [0.1, 0.15) is 51.3 Å². The van der Waals surface area contributed by atoms with Gasteiger partial charge in [0.2, 0.25) is 5.91 Å². The van der Waals surface area contributed by atoms with Crippen molar-refractivity contribution in [3.8, 4) is 0 Å². The number of amides is 1. The van der Waals surface area contributed by atoms with Crippen LogP contribution in [0.4, 0.5) is 0 Å². The van der Waals surface area contributed by atoms with Crippen LogP contribution < -0.4 is 0 Å². The molecule has 1 aromatic heterocycles. The minimum atomic E-state index is 0.312. The second kappa shape index (κ2) is 6.82. The van der Waals surface area contributed by atoms with E-state index in [1.165, 1.54) is 12.8 Å². The smallest absolute Gasteiger partial charge is 0.222 e. The maximum atomic E-state index is 12.2. The predicted molar refractivity (Wildman–Crippen MR) is 86.3 cm³/mol. The number of imidazole rings is 1. The van der Waals surface area contributed by atoms with Gasteiger partial charge in [0.25, 0.3) is 0 Å². The molecule has 2 fully saturated rings. The van der Waals surface area contributed by atoms with Crippen molar-refractivity contribution in [2.24, 2.45) is 5.41 Å². The van der Waals surface area contributed by atoms with E-state index in [9.17, 15) is 4.79 Å². The summed E-state index contributed by atoms with van der Waals surface area (Å²) in [6.07, 6.45) is 10.3. The molecule has 122 valence electrons. The Morgan fingerprint density at radius 2 is 2.27 bits per heavy atom. The Bertz CT molecular complexity index is 487. The predicted octanol–water partition coefficient (Wildman–Crippen LogP) is 2.41. The Kier molecular flexibility index (Phi) is 4.81. The van der Waals surface area contributed by atoms with E-state index in [1.807, 2.05) is 12.4 Å². The maximum Gasteiger partial charge on any atom is 0.222 e. The number of aromatic nitrogens is 2. The van der Waals surface area contributed by atoms with Gasteiger partial charge in [-0.15, -0.1) is 0 Å². The van der Waals surface area contributed by atoms with Crippen molar-refractivity contribution in [1.29, 1.82) is 0 Å². The van der Waals surface area contributed by atoms with Gasteiger partial charge in [-0.1, -0.05) is 13.3 Å². The van der Waals surface area contributed by atoms with Crippen LogP contribution in [0, 0.1) is 5.41 Å². The summed E-state index contributed by atoms with van der Waals surface area (Å²) in [5.41, 5.74) is 0.312. The van der Waals surface area contributed by atoms with E-state index >= 15 is 0 Å². The van der Waals surface area contributed by atoms with Gasteiger partial charge in [-0.3, -0.25) is 9.69 Å². The molecule has 0 bridgehead atoms. The number of hydrogen-bond acceptors (Lipinski definition) is 3. The second-order valence-corrected chi connectivity index (χ2v) is 7.02. The lowest BCUT2D eigenvalue weighted by Gasteiger charge is -2.48. The van der Waals surface area contributed by atoms with Crippen molar-refractivity contribution >= 4 is 5.91 Å². The minimum absolute atomic E-state index is 0.312. The molecule has 2 aliphatic rings. The van der Waals surface area contributed by atoms with Gasteiger partial charge in [-0.25, -0.2) is 4.98 Å². The first-order chi connectivity index (χ1) is 10.7. The van der Waals surface area contributed by atoms with Crippen LogP contribution in [0.5, 0.6) is 0 Å². The standard InChI is InChI=1S/C17H28N4O/c1-2-3-11-21-14-17(7-5-16(21)22)6-4-10-20(13-17)12-15-18-8-9-19-15/h8-9H,2-7,10-14H2,1H3,(H,18,19). The highest BCUT2D eigenvalue weighted by Crippen LogP contribution is 2.39. The third-order valence-electron chi connectivity index (χ3n) is 5.20. The van der Waals surface area contributed by atoms with Crippen molar-refractivity contribution in [1.82, 2.24) is 19.8 Å². The average molecular weight is 304 g/mol. The number of piperidine rings is 2. The maximum absolute atomic E-state index is 12.2. The highest BCUT2D eigenvalue weighted by molar-refractivity contribution is 5.77. The average Bonchev–Trinajstić information content (AvgIpc) is 3.02. The van der Waals surface area contributed by atoms with E-state index in [0.29, 0.717) is 11.3 Å². The lowest BCUT2D eigenvalue weighted by Crippen LogP contribution is -2.54. The van der Waals surface area contributed by atoms with E-state index in [2.05, 4.69) is 26.7 Å². The molecule has 1 amide bonds. The van der Waals surface area contributed by atoms with Gasteiger partial charge in [0, 0.05) is 43.9 Å². The highest BCUT2D eigenvalue weighted by Gasteiger charge is 2.41. The Morgan fingerprint density at radius 3 is 3.05 bits per heavy atom. The summed E-state index contributed by atoms with van der Waals surface area (Å²) in [6.45, 7) is 7.23. The summed E-state index contributed by atoms with van der Waals surface area (Å²) >= 11 is 0. The molecular weight excluding hydrogens is 276 g/mol. The minimum Gasteiger partial charge on any atom is -0.348 e. The molecule has 0 saturated carbocycles. The fourth-order valence-corrected chi connectivity index (χ4v) is 4.03. The van der Waals surface area contributed by atoms with Crippen LogP contribution in [0.15, 0.2) is 12.4 Å². The fraction of sp³-hybridized carbons (Fsp3) is 0.765. The lowest BCUT2D eigenvalue weighted by molar-refractivity contribution is -0.139. The number of carbonyl (C=O) groups is 1. The Balaban J connectivity index is 1.62. The normalized spacial score (nSPS) is 26.8. The molecule has 3 heterocycles. The summed E-state index contributed by atoms with van der Waals surface area (Å²) in [6, 6.07) is 0. The third kappa shape index (κ3) is 3.51. The van der Waals surface area contributed by atoms with Crippen LogP contribution in [-0.2, 0) is 11.3 Å². The summed E-state index contributed by atoms with van der Waals surface area (Å²) in [7, 11) is 0. The van der Waals surface area contributed by atoms with Crippen LogP contribution in [0.25, 0.3) is 0 Å². The number of carbonyl (C=O) groups excluding carboxylic acids is 1. The van der Waals surface area contributed by atoms with E-state index in [1.54, 1.807) is 0 Å². The van der Waals surface area contributed by atoms with Crippen molar-refractivity contribution in [3.05, 3.63) is 18.2 Å². The molecule has 22 heavy (non-hydrogen) atoms. The fourth-order valence-electron chi connectivity index (χ4n) is 4.03. The molecule has 1 N–H and O–H groups in total. The number of H-pyrrole nitrogens is 1. The number of nitrogens with one attached hydrogen (secondary N) is 1. The van der Waals surface area contributed by atoms with Crippen molar-refractivity contribution in [2.75, 3.05) is 26.2 Å². The van der Waals surface area contributed by atoms with Crippen molar-refractivity contribution in [3.63, 3.8) is 0 Å². The first-order valence-corrected chi connectivity index (χ1v) is 8.69. The van der Waals surface area contributed by atoms with E-state index in [-0.39, 0.29) is 0 Å². The van der Waals surface area contributed by atoms with E-state index < -0.39 is 0 Å². The summed E-state index contributed by atoms with van der Waals surface area (Å²) < 4.78 is 0. The molecule has 1 spiro atoms. The highest BCUT2D eigenvalue weighted by atomic mass is 16.2. The van der Waals surface area contributed by atoms with Gasteiger partial charge in [0.1, 0.15) is 5.82 Å². The van der Waals surface area contributed by atoms with Crippen LogP contribution in [-0.4, -0.2) is 51.9 Å². The molecule has 2 aliphatic heterocycles. The molecule has 0 aliphatic carbocycles. The van der Waals surface area contributed by atoms with Crippen molar-refractivity contribution in [2.45, 2.75) is 52.0 Å². The zero-order valence-electron chi connectivity index (χ0n) is 13.7. The van der Waals surface area contributed by atoms with E-state index in [0.717, 1.165) is 64.2 Å². The Hall–Kier alpha value is -1.36. The second-order valence-electron chi connectivity index (χ2n) is 7.02. The largest absolute Gasteiger partial charge is 0.348 e. The zero-order chi connectivity index (χ0) is 15.4. The summed E-state index contributed by atoms with van der Waals surface area (Å²) in [4.78, 5) is 24.4. The molecule has 1 atom stereocenters. The molecule has 1 aromatic rings. The van der Waals surface area contributed by atoms with Gasteiger partial charge in [-0.05, 0) is 32.2 Å². The first kappa shape index (κ1) is 15.5. The third-order valence-corrected chi connectivity index (χ3v) is 5.20. The molecule has 0 aromatic carbocycles. The SMILES string of the molecule is CCCCN1CC2(CCCN(Cc3ncc[nH]3)C2)CCC1=O. The molecule has 0 radical (unpaired) electrons. The number of aromatic amines is 1. The van der Waals surface area contributed by atoms with Gasteiger partial charge in [0.15, 0.2) is 0 Å². The monoisotopic (exact) mass is 304 g/mol. The van der Waals surface area contributed by atoms with Gasteiger partial charge < -0.3 is 9.88 Å². The van der Waals surface area contributed by atoms with Crippen LogP contribution in [0.3, 0.4) is 0 Å². The number of hydrogen-bond donors (Lipinski definition) is 1. The topological polar surface area (TPSA) is 52.2 Å². The van der Waals surface area contributed by atoms with Crippen LogP contribution in [0.2, 0.25) is 0 Å². The zero-order valence-corrected chi connectivity index (χ0v) is 13.7. The molecule has 2 saturated heterocycles. The molecule has 5 heteroatoms. The van der Waals surface area contributed by atoms with Gasteiger partial charge in [0.05, 0.1) is 6.54 Å². The molecular formula is C17H28N4O. The van der Waals surface area contributed by atoms with Gasteiger partial charge >= 0.3 is 0 Å². The number of rotatable bonds is 5. The summed E-state index contributed by atoms with van der Waals surface area (Å²) in [5, 5.41) is 0. The first-order valence-electron chi connectivity index (χ1n) is 8.69. The number of likely N-dealkylation sites (tertiary alicyclic amines) is 2. The van der Waals surface area contributed by atoms with Gasteiger partial charge in [-0.2, -0.15) is 0 Å².